The summed E-state index contributed by atoms with van der Waals surface area (Å²) in [6, 6.07) is -0.303. The third-order valence-corrected chi connectivity index (χ3v) is 1.23. The Kier molecular flexibility index (Phi) is 4.83. The number of hydrogen-bond donors (Lipinski definition) is 1. The standard InChI is InChI=1S/C7H14N2O3/c1-4-12-6(10)5-9(3)7(11)8-2/h4-5H2,1-3H3,(H,8,11). The summed E-state index contributed by atoms with van der Waals surface area (Å²) in [5.74, 6) is -0.399. The lowest BCUT2D eigenvalue weighted by Gasteiger charge is -2.14. The normalized spacial score (nSPS) is 8.92. The van der Waals surface area contributed by atoms with Gasteiger partial charge >= 0.3 is 12.0 Å². The summed E-state index contributed by atoms with van der Waals surface area (Å²) in [6.45, 7) is 2.03. The van der Waals surface area contributed by atoms with Crippen LogP contribution in [0.25, 0.3) is 0 Å². The van der Waals surface area contributed by atoms with E-state index >= 15 is 0 Å². The van der Waals surface area contributed by atoms with Crippen molar-refractivity contribution >= 4 is 12.0 Å². The zero-order valence-corrected chi connectivity index (χ0v) is 7.59. The number of nitrogens with one attached hydrogen (secondary N) is 1. The van der Waals surface area contributed by atoms with Crippen LogP contribution in [0.15, 0.2) is 0 Å². The number of amides is 2. The van der Waals surface area contributed by atoms with Crippen LogP contribution in [0.1, 0.15) is 6.92 Å². The molecule has 0 spiro atoms. The number of nitrogens with zero attached hydrogens (tertiary/aromatic N) is 1. The van der Waals surface area contributed by atoms with Crippen LogP contribution in [-0.2, 0) is 9.53 Å². The largest absolute Gasteiger partial charge is 0.465 e. The third kappa shape index (κ3) is 3.80. The predicted molar refractivity (Wildman–Crippen MR) is 43.7 cm³/mol. The Hall–Kier alpha value is -1.26. The molecular formula is C7H14N2O3. The minimum atomic E-state index is -0.399. The fourth-order valence-electron chi connectivity index (χ4n) is 0.663. The molecule has 0 rings (SSSR count). The van der Waals surface area contributed by atoms with Crippen LogP contribution in [0.5, 0.6) is 0 Å². The molecule has 0 unspecified atom stereocenters. The van der Waals surface area contributed by atoms with Gasteiger partial charge in [-0.3, -0.25) is 4.79 Å². The van der Waals surface area contributed by atoms with Gasteiger partial charge in [0.2, 0.25) is 0 Å². The Morgan fingerprint density at radius 2 is 2.08 bits per heavy atom. The molecule has 0 fully saturated rings. The van der Waals surface area contributed by atoms with Gasteiger partial charge in [-0.25, -0.2) is 4.79 Å². The van der Waals surface area contributed by atoms with Gasteiger partial charge in [0.25, 0.3) is 0 Å². The van der Waals surface area contributed by atoms with Crippen molar-refractivity contribution in [2.45, 2.75) is 6.92 Å². The number of rotatable bonds is 3. The summed E-state index contributed by atoms with van der Waals surface area (Å²) in [6.07, 6.45) is 0. The van der Waals surface area contributed by atoms with Gasteiger partial charge in [0.15, 0.2) is 0 Å². The van der Waals surface area contributed by atoms with E-state index < -0.39 is 5.97 Å². The highest BCUT2D eigenvalue weighted by Crippen LogP contribution is 1.86. The molecule has 0 saturated heterocycles. The van der Waals surface area contributed by atoms with Crippen molar-refractivity contribution in [1.82, 2.24) is 10.2 Å². The van der Waals surface area contributed by atoms with Gasteiger partial charge in [0.1, 0.15) is 6.54 Å². The molecule has 0 aliphatic rings. The van der Waals surface area contributed by atoms with E-state index in [1.54, 1.807) is 6.92 Å². The van der Waals surface area contributed by atoms with Crippen molar-refractivity contribution in [3.05, 3.63) is 0 Å². The summed E-state index contributed by atoms with van der Waals surface area (Å²) in [7, 11) is 3.03. The molecule has 0 aromatic carbocycles. The second kappa shape index (κ2) is 5.40. The Bertz CT molecular complexity index is 170. The molecule has 0 aliphatic carbocycles. The van der Waals surface area contributed by atoms with Crippen LogP contribution in [0.2, 0.25) is 0 Å². The lowest BCUT2D eigenvalue weighted by atomic mass is 10.6. The summed E-state index contributed by atoms with van der Waals surface area (Å²) in [5, 5.41) is 2.39. The maximum Gasteiger partial charge on any atom is 0.325 e. The fourth-order valence-corrected chi connectivity index (χ4v) is 0.663. The Balaban J connectivity index is 3.75. The van der Waals surface area contributed by atoms with E-state index in [9.17, 15) is 9.59 Å². The molecule has 2 amide bonds. The van der Waals surface area contributed by atoms with Gasteiger partial charge in [0.05, 0.1) is 6.61 Å². The van der Waals surface area contributed by atoms with Crippen molar-refractivity contribution < 1.29 is 14.3 Å². The molecule has 0 saturated carbocycles. The topological polar surface area (TPSA) is 58.6 Å². The highest BCUT2D eigenvalue weighted by molar-refractivity contribution is 5.80. The van der Waals surface area contributed by atoms with E-state index in [-0.39, 0.29) is 12.6 Å². The van der Waals surface area contributed by atoms with Crippen LogP contribution in [-0.4, -0.2) is 44.1 Å². The van der Waals surface area contributed by atoms with Crippen LogP contribution in [0, 0.1) is 0 Å². The number of likely N-dealkylation sites (N-methyl/N-ethyl adjacent to an activating group) is 1. The van der Waals surface area contributed by atoms with E-state index in [1.807, 2.05) is 0 Å². The van der Waals surface area contributed by atoms with Gasteiger partial charge in [-0.2, -0.15) is 0 Å². The smallest absolute Gasteiger partial charge is 0.325 e. The maximum absolute atomic E-state index is 10.9. The van der Waals surface area contributed by atoms with E-state index in [4.69, 9.17) is 0 Å². The quantitative estimate of drug-likeness (QED) is 0.604. The molecular weight excluding hydrogens is 160 g/mol. The van der Waals surface area contributed by atoms with E-state index in [0.717, 1.165) is 0 Å². The summed E-state index contributed by atoms with van der Waals surface area (Å²) < 4.78 is 4.65. The minimum absolute atomic E-state index is 0.0203. The molecule has 5 nitrogen and oxygen atoms in total. The minimum Gasteiger partial charge on any atom is -0.465 e. The lowest BCUT2D eigenvalue weighted by molar-refractivity contribution is -0.143. The average molecular weight is 174 g/mol. The zero-order chi connectivity index (χ0) is 9.56. The van der Waals surface area contributed by atoms with Gasteiger partial charge in [0, 0.05) is 14.1 Å². The first-order chi connectivity index (χ1) is 5.61. The fraction of sp³-hybridized carbons (Fsp3) is 0.714. The van der Waals surface area contributed by atoms with E-state index in [0.29, 0.717) is 6.61 Å². The van der Waals surface area contributed by atoms with Crippen molar-refractivity contribution in [2.75, 3.05) is 27.2 Å². The van der Waals surface area contributed by atoms with Gasteiger partial charge < -0.3 is 15.0 Å². The Labute approximate surface area is 71.7 Å². The van der Waals surface area contributed by atoms with Crippen LogP contribution in [0.3, 0.4) is 0 Å². The molecule has 0 bridgehead atoms. The van der Waals surface area contributed by atoms with Crippen molar-refractivity contribution in [1.29, 1.82) is 0 Å². The number of hydrogen-bond acceptors (Lipinski definition) is 3. The predicted octanol–water partition coefficient (Wildman–Crippen LogP) is -0.179. The molecule has 0 aromatic heterocycles. The monoisotopic (exact) mass is 174 g/mol. The molecule has 0 atom stereocenters. The van der Waals surface area contributed by atoms with Crippen molar-refractivity contribution in [3.63, 3.8) is 0 Å². The molecule has 0 aliphatic heterocycles. The van der Waals surface area contributed by atoms with Crippen LogP contribution >= 0.6 is 0 Å². The highest BCUT2D eigenvalue weighted by atomic mass is 16.5. The van der Waals surface area contributed by atoms with Crippen molar-refractivity contribution in [3.8, 4) is 0 Å². The highest BCUT2D eigenvalue weighted by Gasteiger charge is 2.10. The van der Waals surface area contributed by atoms with Gasteiger partial charge in [-0.1, -0.05) is 0 Å². The van der Waals surface area contributed by atoms with Gasteiger partial charge in [-0.15, -0.1) is 0 Å². The molecule has 1 N–H and O–H groups in total. The summed E-state index contributed by atoms with van der Waals surface area (Å²) >= 11 is 0. The number of urea groups is 1. The summed E-state index contributed by atoms with van der Waals surface area (Å²) in [4.78, 5) is 22.9. The number of carbonyl (C=O) groups is 2. The molecule has 0 radical (unpaired) electrons. The number of carbonyl (C=O) groups excluding carboxylic acids is 2. The first-order valence-corrected chi connectivity index (χ1v) is 3.70. The van der Waals surface area contributed by atoms with Crippen molar-refractivity contribution in [2.24, 2.45) is 0 Å². The maximum atomic E-state index is 10.9. The lowest BCUT2D eigenvalue weighted by Crippen LogP contribution is -2.38. The Morgan fingerprint density at radius 3 is 2.50 bits per heavy atom. The van der Waals surface area contributed by atoms with Crippen LogP contribution < -0.4 is 5.32 Å². The van der Waals surface area contributed by atoms with Gasteiger partial charge in [-0.05, 0) is 6.92 Å². The number of ether oxygens (including phenoxy) is 1. The second-order valence-corrected chi connectivity index (χ2v) is 2.22. The Morgan fingerprint density at radius 1 is 1.50 bits per heavy atom. The average Bonchev–Trinajstić information content (AvgIpc) is 2.03. The molecule has 5 heteroatoms. The zero-order valence-electron chi connectivity index (χ0n) is 7.59. The van der Waals surface area contributed by atoms with Crippen LogP contribution in [0.4, 0.5) is 4.79 Å². The molecule has 12 heavy (non-hydrogen) atoms. The second-order valence-electron chi connectivity index (χ2n) is 2.22. The van der Waals surface area contributed by atoms with E-state index in [1.165, 1.54) is 19.0 Å². The first kappa shape index (κ1) is 10.7. The SMILES string of the molecule is CCOC(=O)CN(C)C(=O)NC. The number of esters is 1. The molecule has 0 heterocycles. The molecule has 70 valence electrons. The first-order valence-electron chi connectivity index (χ1n) is 3.70. The molecule has 0 aromatic rings. The van der Waals surface area contributed by atoms with E-state index in [2.05, 4.69) is 10.1 Å². The third-order valence-electron chi connectivity index (χ3n) is 1.23. The summed E-state index contributed by atoms with van der Waals surface area (Å²) in [5.41, 5.74) is 0.